The molecule has 3 rings (SSSR count). The number of nitrogens with zero attached hydrogens (tertiary/aromatic N) is 2. The standard InChI is InChI=1S/C17H13FN4O2/c1-10(23)21-11-2-4-14(18)13(8-11)17(24)22-12-3-5-15-16(9-12)20-7-6-19-15/h2-9H,1H3,(H,21,23)(H,22,24). The first-order chi connectivity index (χ1) is 11.5. The number of amides is 2. The van der Waals surface area contributed by atoms with E-state index in [4.69, 9.17) is 0 Å². The highest BCUT2D eigenvalue weighted by Crippen LogP contribution is 2.19. The van der Waals surface area contributed by atoms with E-state index in [1.165, 1.54) is 19.1 Å². The molecule has 1 heterocycles. The smallest absolute Gasteiger partial charge is 0.258 e. The topological polar surface area (TPSA) is 84.0 Å². The Kier molecular flexibility index (Phi) is 4.15. The number of nitrogens with one attached hydrogen (secondary N) is 2. The highest BCUT2D eigenvalue weighted by molar-refractivity contribution is 6.06. The molecule has 2 aromatic carbocycles. The van der Waals surface area contributed by atoms with Gasteiger partial charge in [-0.15, -0.1) is 0 Å². The maximum absolute atomic E-state index is 13.9. The highest BCUT2D eigenvalue weighted by Gasteiger charge is 2.13. The summed E-state index contributed by atoms with van der Waals surface area (Å²) in [5.41, 5.74) is 1.95. The van der Waals surface area contributed by atoms with Crippen molar-refractivity contribution in [3.8, 4) is 0 Å². The quantitative estimate of drug-likeness (QED) is 0.776. The molecule has 1 aromatic heterocycles. The van der Waals surface area contributed by atoms with Crippen LogP contribution >= 0.6 is 0 Å². The molecule has 0 bridgehead atoms. The lowest BCUT2D eigenvalue weighted by Gasteiger charge is -2.09. The van der Waals surface area contributed by atoms with E-state index in [0.717, 1.165) is 6.07 Å². The fourth-order valence-electron chi connectivity index (χ4n) is 2.22. The molecule has 0 unspecified atom stereocenters. The summed E-state index contributed by atoms with van der Waals surface area (Å²) in [7, 11) is 0. The van der Waals surface area contributed by atoms with E-state index in [9.17, 15) is 14.0 Å². The Balaban J connectivity index is 1.86. The number of carbonyl (C=O) groups excluding carboxylic acids is 2. The fourth-order valence-corrected chi connectivity index (χ4v) is 2.22. The van der Waals surface area contributed by atoms with Gasteiger partial charge in [0.1, 0.15) is 5.82 Å². The summed E-state index contributed by atoms with van der Waals surface area (Å²) in [6.45, 7) is 1.33. The van der Waals surface area contributed by atoms with Crippen LogP contribution in [0.25, 0.3) is 11.0 Å². The fraction of sp³-hybridized carbons (Fsp3) is 0.0588. The van der Waals surface area contributed by atoms with Crippen LogP contribution in [0, 0.1) is 5.82 Å². The molecule has 120 valence electrons. The molecule has 0 spiro atoms. The normalized spacial score (nSPS) is 10.4. The first-order valence-corrected chi connectivity index (χ1v) is 7.12. The van der Waals surface area contributed by atoms with Crippen molar-refractivity contribution in [1.29, 1.82) is 0 Å². The van der Waals surface area contributed by atoms with Crippen LogP contribution in [0.4, 0.5) is 15.8 Å². The molecule has 0 atom stereocenters. The van der Waals surface area contributed by atoms with Crippen LogP contribution in [0.5, 0.6) is 0 Å². The van der Waals surface area contributed by atoms with Crippen molar-refractivity contribution in [3.63, 3.8) is 0 Å². The Labute approximate surface area is 136 Å². The van der Waals surface area contributed by atoms with Gasteiger partial charge in [-0.05, 0) is 36.4 Å². The number of anilines is 2. The van der Waals surface area contributed by atoms with E-state index in [-0.39, 0.29) is 11.5 Å². The second-order valence-electron chi connectivity index (χ2n) is 5.09. The predicted octanol–water partition coefficient (Wildman–Crippen LogP) is 2.98. The molecule has 0 fully saturated rings. The second-order valence-corrected chi connectivity index (χ2v) is 5.09. The predicted molar refractivity (Wildman–Crippen MR) is 88.2 cm³/mol. The lowest BCUT2D eigenvalue weighted by molar-refractivity contribution is -0.114. The van der Waals surface area contributed by atoms with Crippen LogP contribution < -0.4 is 10.6 Å². The molecule has 2 amide bonds. The van der Waals surface area contributed by atoms with E-state index >= 15 is 0 Å². The summed E-state index contributed by atoms with van der Waals surface area (Å²) < 4.78 is 13.9. The van der Waals surface area contributed by atoms with Gasteiger partial charge < -0.3 is 10.6 Å². The molecule has 3 aromatic rings. The number of fused-ring (bicyclic) bond motifs is 1. The zero-order valence-corrected chi connectivity index (χ0v) is 12.7. The molecule has 0 radical (unpaired) electrons. The van der Waals surface area contributed by atoms with Crippen LogP contribution in [0.2, 0.25) is 0 Å². The van der Waals surface area contributed by atoms with Crippen LogP contribution in [-0.4, -0.2) is 21.8 Å². The minimum absolute atomic E-state index is 0.166. The minimum atomic E-state index is -0.679. The van der Waals surface area contributed by atoms with Gasteiger partial charge in [0, 0.05) is 30.7 Å². The van der Waals surface area contributed by atoms with Gasteiger partial charge in [0.2, 0.25) is 5.91 Å². The minimum Gasteiger partial charge on any atom is -0.326 e. The number of hydrogen-bond donors (Lipinski definition) is 2. The molecule has 2 N–H and O–H groups in total. The average molecular weight is 324 g/mol. The lowest BCUT2D eigenvalue weighted by Crippen LogP contribution is -2.15. The SMILES string of the molecule is CC(=O)Nc1ccc(F)c(C(=O)Nc2ccc3nccnc3c2)c1. The Bertz CT molecular complexity index is 943. The van der Waals surface area contributed by atoms with E-state index in [1.54, 1.807) is 30.6 Å². The van der Waals surface area contributed by atoms with Gasteiger partial charge in [-0.3, -0.25) is 19.6 Å². The Morgan fingerprint density at radius 2 is 1.58 bits per heavy atom. The first kappa shape index (κ1) is 15.5. The third-order valence-corrected chi connectivity index (χ3v) is 3.26. The Morgan fingerprint density at radius 3 is 2.33 bits per heavy atom. The number of carbonyl (C=O) groups is 2. The van der Waals surface area contributed by atoms with Crippen molar-refractivity contribution >= 4 is 34.2 Å². The molecule has 0 aliphatic heterocycles. The van der Waals surface area contributed by atoms with Gasteiger partial charge in [0.05, 0.1) is 16.6 Å². The van der Waals surface area contributed by atoms with Crippen molar-refractivity contribution in [2.75, 3.05) is 10.6 Å². The van der Waals surface area contributed by atoms with Crippen LogP contribution in [0.3, 0.4) is 0 Å². The third kappa shape index (κ3) is 3.35. The number of benzene rings is 2. The molecular weight excluding hydrogens is 311 g/mol. The molecule has 24 heavy (non-hydrogen) atoms. The largest absolute Gasteiger partial charge is 0.326 e. The molecule has 6 nitrogen and oxygen atoms in total. The Morgan fingerprint density at radius 1 is 0.917 bits per heavy atom. The number of rotatable bonds is 3. The van der Waals surface area contributed by atoms with Crippen LogP contribution in [-0.2, 0) is 4.79 Å². The first-order valence-electron chi connectivity index (χ1n) is 7.12. The number of halogens is 1. The van der Waals surface area contributed by atoms with Crippen molar-refractivity contribution in [2.24, 2.45) is 0 Å². The van der Waals surface area contributed by atoms with Gasteiger partial charge in [-0.1, -0.05) is 0 Å². The zero-order chi connectivity index (χ0) is 17.1. The van der Waals surface area contributed by atoms with Gasteiger partial charge in [0.15, 0.2) is 0 Å². The van der Waals surface area contributed by atoms with E-state index in [0.29, 0.717) is 22.4 Å². The van der Waals surface area contributed by atoms with E-state index in [2.05, 4.69) is 20.6 Å². The van der Waals surface area contributed by atoms with Crippen LogP contribution in [0.15, 0.2) is 48.8 Å². The van der Waals surface area contributed by atoms with Gasteiger partial charge in [0.25, 0.3) is 5.91 Å². The summed E-state index contributed by atoms with van der Waals surface area (Å²) in [5.74, 6) is -1.61. The molecule has 7 heteroatoms. The summed E-state index contributed by atoms with van der Waals surface area (Å²) in [6, 6.07) is 8.82. The van der Waals surface area contributed by atoms with E-state index in [1.807, 2.05) is 0 Å². The van der Waals surface area contributed by atoms with Crippen molar-refractivity contribution in [1.82, 2.24) is 9.97 Å². The molecule has 0 saturated heterocycles. The molecule has 0 aliphatic carbocycles. The lowest BCUT2D eigenvalue weighted by atomic mass is 10.1. The highest BCUT2D eigenvalue weighted by atomic mass is 19.1. The summed E-state index contributed by atoms with van der Waals surface area (Å²) >= 11 is 0. The summed E-state index contributed by atoms with van der Waals surface area (Å²) in [4.78, 5) is 31.7. The molecular formula is C17H13FN4O2. The maximum atomic E-state index is 13.9. The average Bonchev–Trinajstić information content (AvgIpc) is 2.56. The monoisotopic (exact) mass is 324 g/mol. The number of hydrogen-bond acceptors (Lipinski definition) is 4. The van der Waals surface area contributed by atoms with Crippen molar-refractivity contribution in [3.05, 3.63) is 60.2 Å². The van der Waals surface area contributed by atoms with E-state index < -0.39 is 11.7 Å². The van der Waals surface area contributed by atoms with Gasteiger partial charge >= 0.3 is 0 Å². The summed E-state index contributed by atoms with van der Waals surface area (Å²) in [5, 5.41) is 5.12. The van der Waals surface area contributed by atoms with Crippen molar-refractivity contribution < 1.29 is 14.0 Å². The molecule has 0 saturated carbocycles. The Hall–Kier alpha value is -3.35. The van der Waals surface area contributed by atoms with Gasteiger partial charge in [-0.25, -0.2) is 4.39 Å². The summed E-state index contributed by atoms with van der Waals surface area (Å²) in [6.07, 6.45) is 3.12. The number of aromatic nitrogens is 2. The van der Waals surface area contributed by atoms with Crippen molar-refractivity contribution in [2.45, 2.75) is 6.92 Å². The molecule has 0 aliphatic rings. The second kappa shape index (κ2) is 6.41. The maximum Gasteiger partial charge on any atom is 0.258 e. The zero-order valence-electron chi connectivity index (χ0n) is 12.7. The van der Waals surface area contributed by atoms with Gasteiger partial charge in [-0.2, -0.15) is 0 Å². The van der Waals surface area contributed by atoms with Crippen LogP contribution in [0.1, 0.15) is 17.3 Å². The third-order valence-electron chi connectivity index (χ3n) is 3.26.